The molecule has 1 fully saturated rings. The van der Waals surface area contributed by atoms with E-state index in [0.717, 1.165) is 0 Å². The molecule has 1 aliphatic heterocycles. The van der Waals surface area contributed by atoms with Crippen LogP contribution in [-0.2, 0) is 25.1 Å². The van der Waals surface area contributed by atoms with E-state index in [2.05, 4.69) is 10.1 Å². The summed E-state index contributed by atoms with van der Waals surface area (Å²) < 4.78 is 34.1. The first-order valence-corrected chi connectivity index (χ1v) is 12.7. The largest absolute Gasteiger partial charge is 0.449 e. The van der Waals surface area contributed by atoms with Crippen LogP contribution in [0, 0.1) is 6.92 Å². The van der Waals surface area contributed by atoms with E-state index in [9.17, 15) is 18.0 Å². The van der Waals surface area contributed by atoms with Crippen LogP contribution in [0.15, 0.2) is 33.7 Å². The number of likely N-dealkylation sites (N-methyl/N-ethyl adjacent to an activating group) is 1. The Balaban J connectivity index is 1.65. The minimum Gasteiger partial charge on any atom is -0.449 e. The first-order valence-electron chi connectivity index (χ1n) is 9.93. The number of carbonyl (C=O) groups excluding carboxylic acids is 2. The number of benzene rings is 1. The fourth-order valence-electron chi connectivity index (χ4n) is 3.42. The van der Waals surface area contributed by atoms with Crippen molar-refractivity contribution in [2.24, 2.45) is 0 Å². The minimum absolute atomic E-state index is 0.0537. The van der Waals surface area contributed by atoms with Crippen LogP contribution in [0.1, 0.15) is 42.3 Å². The van der Waals surface area contributed by atoms with Gasteiger partial charge in [0.1, 0.15) is 0 Å². The van der Waals surface area contributed by atoms with Gasteiger partial charge in [0.05, 0.1) is 22.8 Å². The van der Waals surface area contributed by atoms with E-state index in [1.165, 1.54) is 23.6 Å². The van der Waals surface area contributed by atoms with Gasteiger partial charge in [-0.15, -0.1) is 11.8 Å². The Morgan fingerprint density at radius 1 is 1.35 bits per heavy atom. The third-order valence-corrected chi connectivity index (χ3v) is 7.74. The first-order chi connectivity index (χ1) is 14.7. The maximum Gasteiger partial charge on any atom is 0.340 e. The molecule has 0 saturated carbocycles. The average Bonchev–Trinajstić information content (AvgIpc) is 3.31. The molecule has 0 bridgehead atoms. The Morgan fingerprint density at radius 3 is 2.71 bits per heavy atom. The molecule has 3 rings (SSSR count). The maximum atomic E-state index is 12.9. The number of carbonyl (C=O) groups is 2. The van der Waals surface area contributed by atoms with Crippen LogP contribution in [-0.4, -0.2) is 65.5 Å². The number of aryl methyl sites for hydroxylation is 1. The predicted molar refractivity (Wildman–Crippen MR) is 114 cm³/mol. The summed E-state index contributed by atoms with van der Waals surface area (Å²) in [7, 11) is -3.13. The molecule has 1 amide bonds. The molecular formula is C20H25N3O6S2. The molecule has 9 nitrogen and oxygen atoms in total. The van der Waals surface area contributed by atoms with Gasteiger partial charge in [0.25, 0.3) is 5.91 Å². The standard InChI is InChI=1S/C20H25N3O6S2/c1-4-23(15-9-10-31(26,27)12-15)19(24)13(2)28-20(25)16-7-5-6-8-17(16)30-11-18-21-14(3)22-29-18/h5-8,13,15H,4,9-12H2,1-3H3/t13-,15-/m0/s1. The Morgan fingerprint density at radius 2 is 2.10 bits per heavy atom. The van der Waals surface area contributed by atoms with Crippen LogP contribution in [0.3, 0.4) is 0 Å². The molecule has 1 aliphatic rings. The summed E-state index contributed by atoms with van der Waals surface area (Å²) in [4.78, 5) is 31.9. The molecule has 0 radical (unpaired) electrons. The number of aromatic nitrogens is 2. The maximum absolute atomic E-state index is 12.9. The molecule has 2 aromatic rings. The highest BCUT2D eigenvalue weighted by Gasteiger charge is 2.36. The monoisotopic (exact) mass is 467 g/mol. The van der Waals surface area contributed by atoms with Crippen LogP contribution in [0.4, 0.5) is 0 Å². The molecule has 11 heteroatoms. The molecule has 0 N–H and O–H groups in total. The van der Waals surface area contributed by atoms with E-state index in [1.807, 2.05) is 0 Å². The Kier molecular flexibility index (Phi) is 7.37. The van der Waals surface area contributed by atoms with Crippen molar-refractivity contribution in [2.45, 2.75) is 50.0 Å². The lowest BCUT2D eigenvalue weighted by Crippen LogP contribution is -2.46. The molecule has 1 saturated heterocycles. The van der Waals surface area contributed by atoms with Gasteiger partial charge in [0, 0.05) is 17.5 Å². The van der Waals surface area contributed by atoms with Gasteiger partial charge < -0.3 is 14.2 Å². The van der Waals surface area contributed by atoms with Gasteiger partial charge in [-0.3, -0.25) is 4.79 Å². The third kappa shape index (κ3) is 5.85. The van der Waals surface area contributed by atoms with Crippen LogP contribution >= 0.6 is 11.8 Å². The number of rotatable bonds is 8. The van der Waals surface area contributed by atoms with Gasteiger partial charge >= 0.3 is 5.97 Å². The lowest BCUT2D eigenvalue weighted by Gasteiger charge is -2.29. The van der Waals surface area contributed by atoms with Gasteiger partial charge in [0.2, 0.25) is 5.89 Å². The van der Waals surface area contributed by atoms with Crippen molar-refractivity contribution in [3.8, 4) is 0 Å². The van der Waals surface area contributed by atoms with Crippen LogP contribution < -0.4 is 0 Å². The normalized spacial score (nSPS) is 18.5. The van der Waals surface area contributed by atoms with Gasteiger partial charge in [-0.1, -0.05) is 17.3 Å². The Hall–Kier alpha value is -2.40. The van der Waals surface area contributed by atoms with Crippen molar-refractivity contribution in [3.63, 3.8) is 0 Å². The highest BCUT2D eigenvalue weighted by Crippen LogP contribution is 2.27. The summed E-state index contributed by atoms with van der Waals surface area (Å²) in [5.74, 6) is 0.358. The molecule has 168 valence electrons. The summed E-state index contributed by atoms with van der Waals surface area (Å²) in [6.07, 6.45) is -0.635. The molecule has 0 aliphatic carbocycles. The molecule has 1 aromatic heterocycles. The van der Waals surface area contributed by atoms with Crippen molar-refractivity contribution < 1.29 is 27.3 Å². The molecule has 0 spiro atoms. The molecule has 2 atom stereocenters. The van der Waals surface area contributed by atoms with Crippen LogP contribution in [0.25, 0.3) is 0 Å². The zero-order chi connectivity index (χ0) is 22.6. The first kappa shape index (κ1) is 23.3. The summed E-state index contributed by atoms with van der Waals surface area (Å²) in [6, 6.07) is 6.53. The number of esters is 1. The van der Waals surface area contributed by atoms with Gasteiger partial charge in [-0.25, -0.2) is 13.2 Å². The SMILES string of the molecule is CCN(C(=O)[C@H](C)OC(=O)c1ccccc1SCc1nc(C)no1)[C@H]1CCS(=O)(=O)C1. The number of thioether (sulfide) groups is 1. The second-order valence-electron chi connectivity index (χ2n) is 7.25. The van der Waals surface area contributed by atoms with Gasteiger partial charge in [-0.2, -0.15) is 4.98 Å². The second kappa shape index (κ2) is 9.82. The summed E-state index contributed by atoms with van der Waals surface area (Å²) in [5, 5.41) is 3.74. The van der Waals surface area contributed by atoms with E-state index in [0.29, 0.717) is 40.9 Å². The van der Waals surface area contributed by atoms with Crippen molar-refractivity contribution in [1.82, 2.24) is 15.0 Å². The molecule has 2 heterocycles. The van der Waals surface area contributed by atoms with E-state index >= 15 is 0 Å². The smallest absolute Gasteiger partial charge is 0.340 e. The zero-order valence-corrected chi connectivity index (χ0v) is 19.2. The van der Waals surface area contributed by atoms with E-state index in [-0.39, 0.29) is 17.5 Å². The van der Waals surface area contributed by atoms with E-state index < -0.39 is 27.8 Å². The van der Waals surface area contributed by atoms with Crippen molar-refractivity contribution in [3.05, 3.63) is 41.5 Å². The molecular weight excluding hydrogens is 442 g/mol. The van der Waals surface area contributed by atoms with E-state index in [1.54, 1.807) is 38.1 Å². The van der Waals surface area contributed by atoms with Crippen molar-refractivity contribution in [2.75, 3.05) is 18.1 Å². The molecule has 31 heavy (non-hydrogen) atoms. The second-order valence-corrected chi connectivity index (χ2v) is 10.5. The summed E-state index contributed by atoms with van der Waals surface area (Å²) >= 11 is 1.35. The van der Waals surface area contributed by atoms with Crippen molar-refractivity contribution in [1.29, 1.82) is 0 Å². The van der Waals surface area contributed by atoms with Gasteiger partial charge in [0.15, 0.2) is 21.8 Å². The topological polar surface area (TPSA) is 120 Å². The summed E-state index contributed by atoms with van der Waals surface area (Å²) in [6.45, 7) is 5.35. The Labute approximate surface area is 185 Å². The lowest BCUT2D eigenvalue weighted by atomic mass is 10.2. The van der Waals surface area contributed by atoms with Crippen molar-refractivity contribution >= 4 is 33.5 Å². The number of nitrogens with zero attached hydrogens (tertiary/aromatic N) is 3. The number of hydrogen-bond acceptors (Lipinski definition) is 9. The fourth-order valence-corrected chi connectivity index (χ4v) is 6.03. The Bertz CT molecular complexity index is 1050. The predicted octanol–water partition coefficient (Wildman–Crippen LogP) is 2.25. The number of hydrogen-bond donors (Lipinski definition) is 0. The summed E-state index contributed by atoms with van der Waals surface area (Å²) in [5.41, 5.74) is 0.329. The van der Waals surface area contributed by atoms with Crippen LogP contribution in [0.2, 0.25) is 0 Å². The average molecular weight is 468 g/mol. The molecule has 0 unspecified atom stereocenters. The van der Waals surface area contributed by atoms with Gasteiger partial charge in [-0.05, 0) is 39.3 Å². The zero-order valence-electron chi connectivity index (χ0n) is 17.6. The highest BCUT2D eigenvalue weighted by molar-refractivity contribution is 7.98. The third-order valence-electron chi connectivity index (χ3n) is 4.93. The van der Waals surface area contributed by atoms with E-state index in [4.69, 9.17) is 9.26 Å². The number of sulfone groups is 1. The number of amides is 1. The lowest BCUT2D eigenvalue weighted by molar-refractivity contribution is -0.141. The molecule has 1 aromatic carbocycles. The quantitative estimate of drug-likeness (QED) is 0.425. The fraction of sp³-hybridized carbons (Fsp3) is 0.500. The highest BCUT2D eigenvalue weighted by atomic mass is 32.2. The minimum atomic E-state index is -3.13. The van der Waals surface area contributed by atoms with Crippen LogP contribution in [0.5, 0.6) is 0 Å². The number of ether oxygens (including phenoxy) is 1.